The second kappa shape index (κ2) is 12.3. The number of terminal acetylenes is 2. The quantitative estimate of drug-likeness (QED) is 0.146. The average molecular weight is 499 g/mol. The van der Waals surface area contributed by atoms with Gasteiger partial charge in [-0.05, 0) is 85.0 Å². The van der Waals surface area contributed by atoms with Crippen molar-refractivity contribution in [3.05, 3.63) is 58.7 Å². The summed E-state index contributed by atoms with van der Waals surface area (Å²) in [6, 6.07) is 13.3. The summed E-state index contributed by atoms with van der Waals surface area (Å²) >= 11 is 0. The zero-order valence-electron chi connectivity index (χ0n) is 24.5. The zero-order chi connectivity index (χ0) is 27.1. The van der Waals surface area contributed by atoms with Crippen molar-refractivity contribution in [3.8, 4) is 35.8 Å². The molecule has 0 aliphatic heterocycles. The van der Waals surface area contributed by atoms with Gasteiger partial charge in [-0.3, -0.25) is 0 Å². The Morgan fingerprint density at radius 1 is 0.568 bits per heavy atom. The van der Waals surface area contributed by atoms with Gasteiger partial charge >= 0.3 is 0 Å². The van der Waals surface area contributed by atoms with Crippen LogP contribution in [-0.2, 0) is 5.41 Å². The summed E-state index contributed by atoms with van der Waals surface area (Å²) in [5, 5.41) is 0. The summed E-state index contributed by atoms with van der Waals surface area (Å²) in [5.74, 6) is 5.81. The van der Waals surface area contributed by atoms with E-state index in [1.807, 2.05) is 0 Å². The summed E-state index contributed by atoms with van der Waals surface area (Å²) in [5.41, 5.74) is 7.55. The highest BCUT2D eigenvalue weighted by Gasteiger charge is 2.42. The van der Waals surface area contributed by atoms with E-state index >= 15 is 0 Å². The van der Waals surface area contributed by atoms with Gasteiger partial charge in [0.05, 0.1) is 55.4 Å². The van der Waals surface area contributed by atoms with Crippen molar-refractivity contribution in [2.75, 3.05) is 55.4 Å². The van der Waals surface area contributed by atoms with Crippen LogP contribution in [0, 0.1) is 24.7 Å². The third kappa shape index (κ3) is 7.74. The highest BCUT2D eigenvalue weighted by atomic mass is 15.3. The van der Waals surface area contributed by atoms with Crippen molar-refractivity contribution in [3.63, 3.8) is 0 Å². The van der Waals surface area contributed by atoms with E-state index in [1.165, 1.54) is 86.7 Å². The van der Waals surface area contributed by atoms with Crippen molar-refractivity contribution in [1.82, 2.24) is 0 Å². The first-order valence-electron chi connectivity index (χ1n) is 14.3. The molecular formula is C35H50N2+2. The molecule has 0 atom stereocenters. The summed E-state index contributed by atoms with van der Waals surface area (Å²) in [6.07, 6.45) is 24.3. The van der Waals surface area contributed by atoms with Gasteiger partial charge in [0.1, 0.15) is 0 Å². The Bertz CT molecular complexity index is 1040. The summed E-state index contributed by atoms with van der Waals surface area (Å²) < 4.78 is 2.09. The fourth-order valence-electron chi connectivity index (χ4n) is 6.07. The maximum absolute atomic E-state index is 5.88. The van der Waals surface area contributed by atoms with E-state index in [1.54, 1.807) is 0 Å². The van der Waals surface area contributed by atoms with E-state index in [2.05, 4.69) is 90.5 Å². The highest BCUT2D eigenvalue weighted by Crippen LogP contribution is 2.54. The Kier molecular flexibility index (Phi) is 9.69. The number of quaternary nitrogens is 2. The molecule has 0 unspecified atom stereocenters. The van der Waals surface area contributed by atoms with E-state index in [0.29, 0.717) is 0 Å². The number of fused-ring (bicyclic) bond motifs is 3. The molecule has 0 heterocycles. The Hall–Kier alpha value is -2.52. The number of benzene rings is 2. The lowest BCUT2D eigenvalue weighted by Gasteiger charge is -2.33. The second-order valence-corrected chi connectivity index (χ2v) is 13.2. The average Bonchev–Trinajstić information content (AvgIpc) is 3.10. The van der Waals surface area contributed by atoms with Crippen LogP contribution in [0.25, 0.3) is 11.1 Å². The third-order valence-corrected chi connectivity index (χ3v) is 8.06. The molecule has 1 aliphatic rings. The van der Waals surface area contributed by atoms with Crippen LogP contribution in [-0.4, -0.2) is 64.3 Å². The van der Waals surface area contributed by atoms with Gasteiger partial charge < -0.3 is 8.97 Å². The topological polar surface area (TPSA) is 0 Å². The maximum atomic E-state index is 5.88. The van der Waals surface area contributed by atoms with E-state index < -0.39 is 0 Å². The van der Waals surface area contributed by atoms with Crippen LogP contribution in [0.4, 0.5) is 0 Å². The number of unbranched alkanes of at least 4 members (excludes halogenated alkanes) is 6. The normalized spacial score (nSPS) is 14.1. The van der Waals surface area contributed by atoms with Crippen molar-refractivity contribution < 1.29 is 8.97 Å². The summed E-state index contributed by atoms with van der Waals surface area (Å²) in [6.45, 7) is 2.47. The van der Waals surface area contributed by atoms with Crippen LogP contribution in [0.15, 0.2) is 36.4 Å². The summed E-state index contributed by atoms with van der Waals surface area (Å²) in [4.78, 5) is 0. The molecule has 198 valence electrons. The lowest BCUT2D eigenvalue weighted by molar-refractivity contribution is -0.870. The van der Waals surface area contributed by atoms with E-state index in [9.17, 15) is 0 Å². The standard InChI is InChI=1S/C35H50N2/c1-9-29-19-21-31-32-22-20-30(10-2)28-34(32)35(33(31)27-29,23-15-11-13-17-25-36(3,4)5)24-16-12-14-18-26-37(6,7)8/h1-2,19-22,27-28H,11-18,23-26H2,3-8H3/q+2. The number of hydrogen-bond acceptors (Lipinski definition) is 0. The molecule has 2 aromatic carbocycles. The van der Waals surface area contributed by atoms with Gasteiger partial charge in [0.15, 0.2) is 0 Å². The minimum Gasteiger partial charge on any atom is -0.331 e. The third-order valence-electron chi connectivity index (χ3n) is 8.06. The first-order chi connectivity index (χ1) is 17.5. The van der Waals surface area contributed by atoms with Crippen LogP contribution in [0.3, 0.4) is 0 Å². The molecule has 2 heteroatoms. The van der Waals surface area contributed by atoms with Crippen LogP contribution < -0.4 is 0 Å². The largest absolute Gasteiger partial charge is 0.331 e. The van der Waals surface area contributed by atoms with E-state index in [0.717, 1.165) is 32.9 Å². The van der Waals surface area contributed by atoms with Gasteiger partial charge in [-0.2, -0.15) is 0 Å². The summed E-state index contributed by atoms with van der Waals surface area (Å²) in [7, 11) is 13.7. The molecule has 0 fully saturated rings. The highest BCUT2D eigenvalue weighted by molar-refractivity contribution is 5.82. The predicted octanol–water partition coefficient (Wildman–Crippen LogP) is 7.23. The predicted molar refractivity (Wildman–Crippen MR) is 160 cm³/mol. The lowest BCUT2D eigenvalue weighted by atomic mass is 9.70. The molecule has 0 N–H and O–H groups in total. The lowest BCUT2D eigenvalue weighted by Crippen LogP contribution is -2.35. The van der Waals surface area contributed by atoms with Gasteiger partial charge in [-0.25, -0.2) is 0 Å². The molecule has 0 amide bonds. The van der Waals surface area contributed by atoms with Crippen LogP contribution >= 0.6 is 0 Å². The number of hydrogen-bond donors (Lipinski definition) is 0. The maximum Gasteiger partial charge on any atom is 0.0780 e. The van der Waals surface area contributed by atoms with Gasteiger partial charge in [-0.15, -0.1) is 12.8 Å². The fraction of sp³-hybridized carbons (Fsp3) is 0.543. The molecule has 37 heavy (non-hydrogen) atoms. The van der Waals surface area contributed by atoms with Crippen molar-refractivity contribution in [2.24, 2.45) is 0 Å². The molecule has 3 rings (SSSR count). The first-order valence-corrected chi connectivity index (χ1v) is 14.3. The molecule has 2 nitrogen and oxygen atoms in total. The van der Waals surface area contributed by atoms with Crippen LogP contribution in [0.2, 0.25) is 0 Å². The molecule has 0 spiro atoms. The molecule has 1 aliphatic carbocycles. The Labute approximate surface area is 228 Å². The van der Waals surface area contributed by atoms with Crippen molar-refractivity contribution in [2.45, 2.75) is 69.6 Å². The number of rotatable bonds is 14. The van der Waals surface area contributed by atoms with Gasteiger partial charge in [0, 0.05) is 16.5 Å². The van der Waals surface area contributed by atoms with E-state index in [-0.39, 0.29) is 5.41 Å². The zero-order valence-corrected chi connectivity index (χ0v) is 24.5. The molecular weight excluding hydrogens is 448 g/mol. The van der Waals surface area contributed by atoms with Crippen molar-refractivity contribution in [1.29, 1.82) is 0 Å². The van der Waals surface area contributed by atoms with Crippen LogP contribution in [0.5, 0.6) is 0 Å². The van der Waals surface area contributed by atoms with Crippen molar-refractivity contribution >= 4 is 0 Å². The van der Waals surface area contributed by atoms with Gasteiger partial charge in [0.25, 0.3) is 0 Å². The number of nitrogens with zero attached hydrogens (tertiary/aromatic N) is 2. The molecule has 2 aromatic rings. The Balaban J connectivity index is 1.85. The Morgan fingerprint density at radius 3 is 1.30 bits per heavy atom. The van der Waals surface area contributed by atoms with Gasteiger partial charge in [-0.1, -0.05) is 49.7 Å². The molecule has 0 aromatic heterocycles. The first kappa shape index (κ1) is 29.0. The fourth-order valence-corrected chi connectivity index (χ4v) is 6.07. The molecule has 0 bridgehead atoms. The molecule has 0 saturated carbocycles. The molecule has 0 saturated heterocycles. The minimum absolute atomic E-state index is 0.00453. The van der Waals surface area contributed by atoms with E-state index in [4.69, 9.17) is 12.8 Å². The smallest absolute Gasteiger partial charge is 0.0780 e. The van der Waals surface area contributed by atoms with Crippen LogP contribution in [0.1, 0.15) is 86.5 Å². The Morgan fingerprint density at radius 2 is 0.946 bits per heavy atom. The minimum atomic E-state index is 0.00453. The second-order valence-electron chi connectivity index (χ2n) is 13.2. The monoisotopic (exact) mass is 498 g/mol. The molecule has 0 radical (unpaired) electrons. The van der Waals surface area contributed by atoms with Gasteiger partial charge in [0.2, 0.25) is 0 Å². The SMILES string of the molecule is C#Cc1ccc2c(c1)C(CCCCCC[N+](C)(C)C)(CCCCCC[N+](C)(C)C)c1cc(C#C)ccc1-2.